The Bertz CT molecular complexity index is 678. The SMILES string of the molecule is CCCC(C(=O)Nc1c(Br)cc(N)cc1Br)C1SCC2NC(=N)NC21. The summed E-state index contributed by atoms with van der Waals surface area (Å²) < 4.78 is 1.50. The smallest absolute Gasteiger partial charge is 0.228 e. The van der Waals surface area contributed by atoms with Gasteiger partial charge in [-0.1, -0.05) is 13.3 Å². The van der Waals surface area contributed by atoms with Gasteiger partial charge in [-0.05, 0) is 50.4 Å². The van der Waals surface area contributed by atoms with Crippen LogP contribution in [0.15, 0.2) is 21.1 Å². The minimum absolute atomic E-state index is 0.00593. The van der Waals surface area contributed by atoms with Crippen LogP contribution in [-0.4, -0.2) is 35.0 Å². The number of guanidine groups is 1. The van der Waals surface area contributed by atoms with E-state index in [0.29, 0.717) is 17.3 Å². The Hall–Kier alpha value is -0.930. The zero-order valence-electron chi connectivity index (χ0n) is 13.7. The van der Waals surface area contributed by atoms with Crippen molar-refractivity contribution in [3.8, 4) is 0 Å². The lowest BCUT2D eigenvalue weighted by Crippen LogP contribution is -2.44. The van der Waals surface area contributed by atoms with Gasteiger partial charge in [0.1, 0.15) is 0 Å². The molecule has 25 heavy (non-hydrogen) atoms. The maximum Gasteiger partial charge on any atom is 0.228 e. The fourth-order valence-electron chi connectivity index (χ4n) is 3.41. The van der Waals surface area contributed by atoms with E-state index in [1.54, 1.807) is 12.1 Å². The lowest BCUT2D eigenvalue weighted by Gasteiger charge is -2.26. The second kappa shape index (κ2) is 7.75. The first-order valence-electron chi connectivity index (χ1n) is 8.19. The average Bonchev–Trinajstić information content (AvgIpc) is 3.07. The Kier molecular flexibility index (Phi) is 5.85. The van der Waals surface area contributed by atoms with E-state index in [0.717, 1.165) is 27.5 Å². The van der Waals surface area contributed by atoms with Crippen LogP contribution in [0.5, 0.6) is 0 Å². The highest BCUT2D eigenvalue weighted by atomic mass is 79.9. The number of anilines is 2. The van der Waals surface area contributed by atoms with Crippen molar-refractivity contribution in [2.24, 2.45) is 5.92 Å². The summed E-state index contributed by atoms with van der Waals surface area (Å²) in [5.41, 5.74) is 7.15. The fourth-order valence-corrected chi connectivity index (χ4v) is 6.51. The normalized spacial score (nSPS) is 25.9. The van der Waals surface area contributed by atoms with Gasteiger partial charge in [-0.3, -0.25) is 10.2 Å². The van der Waals surface area contributed by atoms with Crippen molar-refractivity contribution >= 4 is 66.9 Å². The van der Waals surface area contributed by atoms with Gasteiger partial charge < -0.3 is 21.7 Å². The van der Waals surface area contributed by atoms with Crippen LogP contribution in [0.4, 0.5) is 11.4 Å². The van der Waals surface area contributed by atoms with Gasteiger partial charge in [0.05, 0.1) is 23.7 Å². The van der Waals surface area contributed by atoms with E-state index >= 15 is 0 Å². The quantitative estimate of drug-likeness (QED) is 0.408. The maximum atomic E-state index is 13.0. The zero-order chi connectivity index (χ0) is 18.1. The predicted octanol–water partition coefficient (Wildman–Crippen LogP) is 3.13. The first-order valence-corrected chi connectivity index (χ1v) is 10.8. The van der Waals surface area contributed by atoms with Crippen molar-refractivity contribution in [1.29, 1.82) is 5.41 Å². The molecule has 4 unspecified atom stereocenters. The van der Waals surface area contributed by atoms with Crippen LogP contribution < -0.4 is 21.7 Å². The molecule has 6 N–H and O–H groups in total. The molecule has 0 radical (unpaired) electrons. The van der Waals surface area contributed by atoms with Gasteiger partial charge in [0.2, 0.25) is 5.91 Å². The van der Waals surface area contributed by atoms with Crippen molar-refractivity contribution < 1.29 is 4.79 Å². The molecule has 0 spiro atoms. The number of nitrogens with two attached hydrogens (primary N) is 1. The first kappa shape index (κ1) is 18.8. The second-order valence-electron chi connectivity index (χ2n) is 6.34. The molecule has 2 heterocycles. The average molecular weight is 491 g/mol. The Balaban J connectivity index is 1.79. The van der Waals surface area contributed by atoms with Crippen LogP contribution in [0.3, 0.4) is 0 Å². The summed E-state index contributed by atoms with van der Waals surface area (Å²) >= 11 is 8.75. The first-order chi connectivity index (χ1) is 11.9. The molecule has 2 aliphatic rings. The van der Waals surface area contributed by atoms with Crippen LogP contribution in [-0.2, 0) is 4.79 Å². The third-order valence-electron chi connectivity index (χ3n) is 4.54. The molecule has 3 rings (SSSR count). The lowest BCUT2D eigenvalue weighted by molar-refractivity contribution is -0.120. The molecule has 1 amide bonds. The van der Waals surface area contributed by atoms with E-state index in [2.05, 4.69) is 54.7 Å². The molecule has 2 aliphatic heterocycles. The fraction of sp³-hybridized carbons (Fsp3) is 0.500. The topological polar surface area (TPSA) is 103 Å². The number of halogens is 2. The van der Waals surface area contributed by atoms with E-state index in [4.69, 9.17) is 11.1 Å². The molecule has 136 valence electrons. The van der Waals surface area contributed by atoms with Gasteiger partial charge in [-0.15, -0.1) is 0 Å². The van der Waals surface area contributed by atoms with Gasteiger partial charge >= 0.3 is 0 Å². The molecule has 1 aromatic rings. The van der Waals surface area contributed by atoms with E-state index in [1.807, 2.05) is 11.8 Å². The number of nitrogen functional groups attached to an aromatic ring is 1. The van der Waals surface area contributed by atoms with Gasteiger partial charge in [0.25, 0.3) is 0 Å². The standard InChI is InChI=1S/C16H21Br2N5OS/c1-2-3-8(14-13-11(6-25-14)21-16(20)23-13)15(24)22-12-9(17)4-7(19)5-10(12)18/h4-5,8,11,13-14H,2-3,6,19H2,1H3,(H,22,24)(H3,20,21,23). The molecule has 0 aromatic heterocycles. The van der Waals surface area contributed by atoms with Gasteiger partial charge in [0, 0.05) is 25.6 Å². The third kappa shape index (κ3) is 3.93. The molecule has 9 heteroatoms. The van der Waals surface area contributed by atoms with E-state index in [1.165, 1.54) is 0 Å². The molecule has 0 bridgehead atoms. The zero-order valence-corrected chi connectivity index (χ0v) is 17.7. The predicted molar refractivity (Wildman–Crippen MR) is 111 cm³/mol. The monoisotopic (exact) mass is 489 g/mol. The summed E-state index contributed by atoms with van der Waals surface area (Å²) in [7, 11) is 0. The number of amides is 1. The highest BCUT2D eigenvalue weighted by molar-refractivity contribution is 9.11. The Morgan fingerprint density at radius 2 is 2.12 bits per heavy atom. The summed E-state index contributed by atoms with van der Waals surface area (Å²) in [5.74, 6) is 1.15. The molecule has 4 atom stereocenters. The summed E-state index contributed by atoms with van der Waals surface area (Å²) in [4.78, 5) is 13.0. The molecule has 6 nitrogen and oxygen atoms in total. The molecule has 0 aliphatic carbocycles. The van der Waals surface area contributed by atoms with Crippen LogP contribution in [0, 0.1) is 11.3 Å². The van der Waals surface area contributed by atoms with Gasteiger partial charge in [-0.2, -0.15) is 11.8 Å². The number of benzene rings is 1. The number of nitrogens with one attached hydrogen (secondary N) is 4. The number of carbonyl (C=O) groups excluding carboxylic acids is 1. The Morgan fingerprint density at radius 1 is 1.44 bits per heavy atom. The number of thioether (sulfide) groups is 1. The minimum atomic E-state index is -0.124. The summed E-state index contributed by atoms with van der Waals surface area (Å²) in [6, 6.07) is 3.90. The van der Waals surface area contributed by atoms with Crippen LogP contribution in [0.2, 0.25) is 0 Å². The van der Waals surface area contributed by atoms with Crippen molar-refractivity contribution in [2.75, 3.05) is 16.8 Å². The Morgan fingerprint density at radius 3 is 2.76 bits per heavy atom. The van der Waals surface area contributed by atoms with Crippen molar-refractivity contribution in [3.63, 3.8) is 0 Å². The van der Waals surface area contributed by atoms with E-state index in [-0.39, 0.29) is 29.2 Å². The molecule has 0 saturated carbocycles. The number of carbonyl (C=O) groups is 1. The third-order valence-corrected chi connectivity index (χ3v) is 7.35. The van der Waals surface area contributed by atoms with Crippen LogP contribution >= 0.6 is 43.6 Å². The summed E-state index contributed by atoms with van der Waals surface area (Å²) in [5, 5.41) is 17.3. The lowest BCUT2D eigenvalue weighted by atomic mass is 9.91. The minimum Gasteiger partial charge on any atom is -0.399 e. The van der Waals surface area contributed by atoms with Gasteiger partial charge in [0.15, 0.2) is 5.96 Å². The highest BCUT2D eigenvalue weighted by Gasteiger charge is 2.47. The molecule has 2 fully saturated rings. The maximum absolute atomic E-state index is 13.0. The van der Waals surface area contributed by atoms with Crippen molar-refractivity contribution in [3.05, 3.63) is 21.1 Å². The second-order valence-corrected chi connectivity index (χ2v) is 9.26. The number of hydrogen-bond donors (Lipinski definition) is 5. The molecule has 2 saturated heterocycles. The number of rotatable bonds is 5. The van der Waals surface area contributed by atoms with Crippen LogP contribution in [0.25, 0.3) is 0 Å². The molecule has 1 aromatic carbocycles. The Labute approximate surface area is 168 Å². The molecular weight excluding hydrogens is 470 g/mol. The highest BCUT2D eigenvalue weighted by Crippen LogP contribution is 2.39. The number of fused-ring (bicyclic) bond motifs is 1. The van der Waals surface area contributed by atoms with Crippen molar-refractivity contribution in [2.45, 2.75) is 37.1 Å². The molecular formula is C16H21Br2N5OS. The van der Waals surface area contributed by atoms with Gasteiger partial charge in [-0.25, -0.2) is 0 Å². The summed E-state index contributed by atoms with van der Waals surface area (Å²) in [6.07, 6.45) is 1.74. The largest absolute Gasteiger partial charge is 0.399 e. The van der Waals surface area contributed by atoms with Crippen LogP contribution in [0.1, 0.15) is 19.8 Å². The van der Waals surface area contributed by atoms with Crippen molar-refractivity contribution in [1.82, 2.24) is 10.6 Å². The van der Waals surface area contributed by atoms with E-state index in [9.17, 15) is 4.79 Å². The summed E-state index contributed by atoms with van der Waals surface area (Å²) in [6.45, 7) is 2.09. The number of hydrogen-bond acceptors (Lipinski definition) is 4. The van der Waals surface area contributed by atoms with E-state index < -0.39 is 0 Å².